The molecule has 0 amide bonds. The number of hydrogen-bond donors (Lipinski definition) is 0. The van der Waals surface area contributed by atoms with Gasteiger partial charge in [-0.15, -0.1) is 0 Å². The van der Waals surface area contributed by atoms with Crippen LogP contribution in [-0.2, 0) is 10.2 Å². The molecule has 2 aromatic rings. The first-order valence-corrected chi connectivity index (χ1v) is 9.55. The van der Waals surface area contributed by atoms with Gasteiger partial charge < -0.3 is 9.47 Å². The van der Waals surface area contributed by atoms with Crippen LogP contribution in [0.1, 0.15) is 59.1 Å². The van der Waals surface area contributed by atoms with Gasteiger partial charge in [0, 0.05) is 34.2 Å². The summed E-state index contributed by atoms with van der Waals surface area (Å²) >= 11 is 0. The van der Waals surface area contributed by atoms with E-state index in [0.29, 0.717) is 11.7 Å². The van der Waals surface area contributed by atoms with Gasteiger partial charge in [-0.3, -0.25) is 4.79 Å². The number of esters is 1. The maximum Gasteiger partial charge on any atom is 0.308 e. The topological polar surface area (TPSA) is 35.5 Å². The minimum absolute atomic E-state index is 0.271. The van der Waals surface area contributed by atoms with Crippen molar-refractivity contribution in [2.75, 3.05) is 7.11 Å². The van der Waals surface area contributed by atoms with Gasteiger partial charge in [-0.25, -0.2) is 0 Å². The van der Waals surface area contributed by atoms with E-state index in [0.717, 1.165) is 34.1 Å². The summed E-state index contributed by atoms with van der Waals surface area (Å²) in [7, 11) is 1.71. The largest absolute Gasteiger partial charge is 0.496 e. The Labute approximate surface area is 163 Å². The molecule has 0 aliphatic heterocycles. The van der Waals surface area contributed by atoms with Gasteiger partial charge in [0.25, 0.3) is 0 Å². The van der Waals surface area contributed by atoms with Crippen LogP contribution in [0, 0.1) is 12.8 Å². The number of carbonyl (C=O) groups excluding carboxylic acids is 1. The Morgan fingerprint density at radius 3 is 2.15 bits per heavy atom. The molecule has 3 nitrogen and oxygen atoms in total. The van der Waals surface area contributed by atoms with Crippen LogP contribution >= 0.6 is 0 Å². The molecule has 0 aromatic heterocycles. The lowest BCUT2D eigenvalue weighted by Crippen LogP contribution is -2.19. The van der Waals surface area contributed by atoms with Crippen molar-refractivity contribution in [1.29, 1.82) is 0 Å². The molecule has 0 N–H and O–H groups in total. The number of ether oxygens (including phenoxy) is 2. The fraction of sp³-hybridized carbons (Fsp3) is 0.458. The third-order valence-electron chi connectivity index (χ3n) is 4.79. The molecule has 0 heterocycles. The summed E-state index contributed by atoms with van der Waals surface area (Å²) in [6.45, 7) is 14.5. The molecule has 0 saturated heterocycles. The summed E-state index contributed by atoms with van der Waals surface area (Å²) in [6.07, 6.45) is 3.36. The summed E-state index contributed by atoms with van der Waals surface area (Å²) in [5, 5.41) is 1.85. The number of hydrogen-bond acceptors (Lipinski definition) is 3. The molecule has 2 aromatic carbocycles. The van der Waals surface area contributed by atoms with Crippen molar-refractivity contribution < 1.29 is 14.3 Å². The van der Waals surface area contributed by atoms with Gasteiger partial charge >= 0.3 is 5.97 Å². The lowest BCUT2D eigenvalue weighted by atomic mass is 9.78. The van der Waals surface area contributed by atoms with Crippen LogP contribution in [-0.4, -0.2) is 13.1 Å². The average Bonchev–Trinajstić information content (AvgIpc) is 2.54. The lowest BCUT2D eigenvalue weighted by Gasteiger charge is -2.29. The zero-order valence-corrected chi connectivity index (χ0v) is 17.9. The molecule has 0 bridgehead atoms. The fourth-order valence-electron chi connectivity index (χ4n) is 4.15. The van der Waals surface area contributed by atoms with E-state index < -0.39 is 0 Å². The quantitative estimate of drug-likeness (QED) is 0.338. The molecule has 0 aliphatic rings. The molecular formula is C24H32O3. The van der Waals surface area contributed by atoms with Crippen molar-refractivity contribution in [3.8, 4) is 11.5 Å². The number of allylic oxidation sites excluding steroid dienone is 2. The molecule has 0 fully saturated rings. The van der Waals surface area contributed by atoms with Crippen LogP contribution in [0.3, 0.4) is 0 Å². The van der Waals surface area contributed by atoms with E-state index in [1.165, 1.54) is 12.5 Å². The van der Waals surface area contributed by atoms with Gasteiger partial charge in [0.05, 0.1) is 7.11 Å². The highest BCUT2D eigenvalue weighted by molar-refractivity contribution is 5.97. The van der Waals surface area contributed by atoms with Crippen LogP contribution in [0.25, 0.3) is 10.8 Å². The van der Waals surface area contributed by atoms with E-state index in [-0.39, 0.29) is 11.4 Å². The first-order chi connectivity index (χ1) is 12.6. The van der Waals surface area contributed by atoms with Gasteiger partial charge in [0.15, 0.2) is 0 Å². The predicted octanol–water partition coefficient (Wildman–Crippen LogP) is 6.35. The fourth-order valence-corrected chi connectivity index (χ4v) is 4.15. The lowest BCUT2D eigenvalue weighted by molar-refractivity contribution is -0.131. The van der Waals surface area contributed by atoms with Crippen molar-refractivity contribution in [1.82, 2.24) is 0 Å². The van der Waals surface area contributed by atoms with Crippen molar-refractivity contribution in [3.63, 3.8) is 0 Å². The minimum atomic E-state index is -0.316. The summed E-state index contributed by atoms with van der Waals surface area (Å²) in [4.78, 5) is 11.8. The Morgan fingerprint density at radius 2 is 1.67 bits per heavy atom. The highest BCUT2D eigenvalue weighted by atomic mass is 16.5. The predicted molar refractivity (Wildman–Crippen MR) is 113 cm³/mol. The highest BCUT2D eigenvalue weighted by Gasteiger charge is 2.29. The molecule has 0 atom stereocenters. The number of methoxy groups -OCH3 is 1. The Morgan fingerprint density at radius 1 is 1.11 bits per heavy atom. The molecule has 0 aliphatic carbocycles. The molecule has 27 heavy (non-hydrogen) atoms. The summed E-state index contributed by atoms with van der Waals surface area (Å²) in [5.74, 6) is 1.76. The van der Waals surface area contributed by atoms with Gasteiger partial charge in [-0.1, -0.05) is 63.6 Å². The minimum Gasteiger partial charge on any atom is -0.496 e. The second-order valence-electron chi connectivity index (χ2n) is 8.31. The number of fused-ring (bicyclic) bond motifs is 1. The summed E-state index contributed by atoms with van der Waals surface area (Å²) in [6, 6.07) is 7.92. The molecule has 2 rings (SSSR count). The number of rotatable bonds is 6. The number of carbonyl (C=O) groups is 1. The van der Waals surface area contributed by atoms with E-state index in [1.807, 2.05) is 31.2 Å². The summed E-state index contributed by atoms with van der Waals surface area (Å²) in [5.41, 5.74) is 3.08. The molecule has 146 valence electrons. The van der Waals surface area contributed by atoms with E-state index in [1.54, 1.807) is 7.11 Å². The standard InChI is InChI=1S/C24H32O3/c1-15(2)13-16(3)14-24(6,7)21-17(4)22(27-18(5)25)19-11-9-10-12-20(19)23(21)26-8/h9-12,14-15H,13H2,1-8H3/b16-14+. The first-order valence-electron chi connectivity index (χ1n) is 9.55. The third-order valence-corrected chi connectivity index (χ3v) is 4.79. The van der Waals surface area contributed by atoms with Gasteiger partial charge in [0.2, 0.25) is 0 Å². The van der Waals surface area contributed by atoms with Crippen LogP contribution < -0.4 is 9.47 Å². The van der Waals surface area contributed by atoms with Crippen LogP contribution in [0.5, 0.6) is 11.5 Å². The van der Waals surface area contributed by atoms with Crippen LogP contribution in [0.2, 0.25) is 0 Å². The van der Waals surface area contributed by atoms with Crippen molar-refractivity contribution in [2.24, 2.45) is 5.92 Å². The van der Waals surface area contributed by atoms with Gasteiger partial charge in [-0.05, 0) is 26.2 Å². The second-order valence-corrected chi connectivity index (χ2v) is 8.31. The van der Waals surface area contributed by atoms with E-state index in [4.69, 9.17) is 9.47 Å². The monoisotopic (exact) mass is 368 g/mol. The zero-order chi connectivity index (χ0) is 20.4. The zero-order valence-electron chi connectivity index (χ0n) is 17.9. The molecule has 0 saturated carbocycles. The Bertz CT molecular complexity index is 873. The molecular weight excluding hydrogens is 336 g/mol. The first kappa shape index (κ1) is 21.0. The van der Waals surface area contributed by atoms with Crippen LogP contribution in [0.15, 0.2) is 35.9 Å². The van der Waals surface area contributed by atoms with Gasteiger partial charge in [0.1, 0.15) is 11.5 Å². The molecule has 0 radical (unpaired) electrons. The number of benzene rings is 2. The van der Waals surface area contributed by atoms with E-state index in [2.05, 4.69) is 40.7 Å². The molecule has 0 unspecified atom stereocenters. The normalized spacial score (nSPS) is 12.6. The van der Waals surface area contributed by atoms with Crippen molar-refractivity contribution in [3.05, 3.63) is 47.0 Å². The summed E-state index contributed by atoms with van der Waals surface area (Å²) < 4.78 is 11.5. The van der Waals surface area contributed by atoms with Crippen molar-refractivity contribution >= 4 is 16.7 Å². The third kappa shape index (κ3) is 4.52. The van der Waals surface area contributed by atoms with Crippen molar-refractivity contribution in [2.45, 2.75) is 60.3 Å². The maximum atomic E-state index is 11.8. The van der Waals surface area contributed by atoms with E-state index >= 15 is 0 Å². The van der Waals surface area contributed by atoms with E-state index in [9.17, 15) is 4.79 Å². The molecule has 0 spiro atoms. The Hall–Kier alpha value is -2.29. The van der Waals surface area contributed by atoms with Crippen LogP contribution in [0.4, 0.5) is 0 Å². The second kappa shape index (κ2) is 8.16. The van der Waals surface area contributed by atoms with Gasteiger partial charge in [-0.2, -0.15) is 0 Å². The highest BCUT2D eigenvalue weighted by Crippen LogP contribution is 2.46. The SMILES string of the molecule is COc1c(C(C)(C)/C=C(\C)CC(C)C)c(C)c(OC(C)=O)c2ccccc12. The maximum absolute atomic E-state index is 11.8. The Balaban J connectivity index is 2.82. The molecule has 3 heteroatoms. The Kier molecular flexibility index (Phi) is 6.35. The smallest absolute Gasteiger partial charge is 0.308 e. The average molecular weight is 369 g/mol.